The number of halogens is 2. The Morgan fingerprint density at radius 1 is 1.39 bits per heavy atom. The lowest BCUT2D eigenvalue weighted by Crippen LogP contribution is -2.48. The van der Waals surface area contributed by atoms with Crippen molar-refractivity contribution in [3.05, 3.63) is 45.4 Å². The zero-order chi connectivity index (χ0) is 15.6. The van der Waals surface area contributed by atoms with Crippen LogP contribution in [0.4, 0.5) is 5.13 Å². The molecule has 0 radical (unpaired) electrons. The van der Waals surface area contributed by atoms with E-state index >= 15 is 0 Å². The molecule has 0 atom stereocenters. The number of nitrogens with one attached hydrogen (secondary N) is 1. The molecule has 124 valence electrons. The van der Waals surface area contributed by atoms with Crippen LogP contribution in [0.5, 0.6) is 0 Å². The van der Waals surface area contributed by atoms with E-state index in [0.29, 0.717) is 5.13 Å². The average Bonchev–Trinajstić information content (AvgIpc) is 3.09. The first kappa shape index (κ1) is 18.4. The number of hydrogen-bond acceptors (Lipinski definition) is 4. The summed E-state index contributed by atoms with van der Waals surface area (Å²) in [5.41, 5.74) is 6.66. The summed E-state index contributed by atoms with van der Waals surface area (Å²) in [7, 11) is 0. The molecule has 0 saturated heterocycles. The first-order valence-electron chi connectivity index (χ1n) is 7.35. The highest BCUT2D eigenvalue weighted by Gasteiger charge is 2.37. The molecule has 1 fully saturated rings. The lowest BCUT2D eigenvalue weighted by atomic mass is 9.98. The van der Waals surface area contributed by atoms with Crippen LogP contribution in [0.25, 0.3) is 0 Å². The summed E-state index contributed by atoms with van der Waals surface area (Å²) in [4.78, 5) is 17.7. The van der Waals surface area contributed by atoms with Crippen LogP contribution in [0.2, 0.25) is 0 Å². The van der Waals surface area contributed by atoms with Crippen molar-refractivity contribution in [3.63, 3.8) is 0 Å². The lowest BCUT2D eigenvalue weighted by Gasteiger charge is -2.21. The number of nitrogens with two attached hydrogens (primary N) is 1. The van der Waals surface area contributed by atoms with Gasteiger partial charge in [0.1, 0.15) is 0 Å². The molecule has 23 heavy (non-hydrogen) atoms. The summed E-state index contributed by atoms with van der Waals surface area (Å²) < 4.78 is 1.06. The number of anilines is 1. The number of nitrogens with zero attached hydrogens (tertiary/aromatic N) is 1. The number of aromatic nitrogens is 1. The average molecular weight is 417 g/mol. The van der Waals surface area contributed by atoms with Crippen molar-refractivity contribution in [2.45, 2.75) is 37.6 Å². The lowest BCUT2D eigenvalue weighted by molar-refractivity contribution is -0.121. The molecule has 1 amide bonds. The molecule has 0 unspecified atom stereocenters. The molecule has 1 aliphatic carbocycles. The Balaban J connectivity index is 0.00000192. The van der Waals surface area contributed by atoms with Crippen LogP contribution in [0, 0.1) is 0 Å². The van der Waals surface area contributed by atoms with Crippen molar-refractivity contribution in [3.8, 4) is 0 Å². The van der Waals surface area contributed by atoms with E-state index in [0.717, 1.165) is 41.5 Å². The van der Waals surface area contributed by atoms with Crippen LogP contribution in [0.3, 0.4) is 0 Å². The van der Waals surface area contributed by atoms with Gasteiger partial charge in [0, 0.05) is 22.0 Å². The molecule has 1 saturated carbocycles. The molecule has 1 aliphatic rings. The molecule has 0 bridgehead atoms. The molecule has 1 aromatic carbocycles. The third-order valence-corrected chi connectivity index (χ3v) is 5.40. The number of benzene rings is 1. The minimum atomic E-state index is -0.712. The summed E-state index contributed by atoms with van der Waals surface area (Å²) >= 11 is 4.98. The number of thiazole rings is 1. The summed E-state index contributed by atoms with van der Waals surface area (Å²) in [5, 5.41) is 3.51. The molecule has 3 rings (SSSR count). The highest BCUT2D eigenvalue weighted by Crippen LogP contribution is 2.29. The molecule has 3 N–H and O–H groups in total. The van der Waals surface area contributed by atoms with Crippen LogP contribution < -0.4 is 11.1 Å². The van der Waals surface area contributed by atoms with E-state index in [1.807, 2.05) is 18.3 Å². The molecule has 7 heteroatoms. The normalized spacial score (nSPS) is 15.9. The number of amides is 1. The quantitative estimate of drug-likeness (QED) is 0.787. The van der Waals surface area contributed by atoms with E-state index < -0.39 is 5.54 Å². The SMILES string of the molecule is Cl.NC1(C(=O)Nc2ncc(Cc3cccc(Br)c3)s2)CCCC1. The molecule has 0 spiro atoms. The fourth-order valence-electron chi connectivity index (χ4n) is 2.75. The van der Waals surface area contributed by atoms with Gasteiger partial charge in [-0.05, 0) is 30.5 Å². The number of rotatable bonds is 4. The number of carbonyl (C=O) groups excluding carboxylic acids is 1. The molecule has 1 aromatic heterocycles. The van der Waals surface area contributed by atoms with Crippen molar-refractivity contribution >= 4 is 50.7 Å². The minimum absolute atomic E-state index is 0. The van der Waals surface area contributed by atoms with Gasteiger partial charge >= 0.3 is 0 Å². The van der Waals surface area contributed by atoms with Gasteiger partial charge in [-0.15, -0.1) is 23.7 Å². The molecule has 0 aliphatic heterocycles. The van der Waals surface area contributed by atoms with Gasteiger partial charge in [-0.1, -0.05) is 40.9 Å². The van der Waals surface area contributed by atoms with Gasteiger partial charge in [0.25, 0.3) is 0 Å². The van der Waals surface area contributed by atoms with Gasteiger partial charge in [-0.3, -0.25) is 4.79 Å². The number of hydrogen-bond donors (Lipinski definition) is 2. The van der Waals surface area contributed by atoms with Crippen molar-refractivity contribution in [2.24, 2.45) is 5.73 Å². The van der Waals surface area contributed by atoms with Crippen LogP contribution in [-0.2, 0) is 11.2 Å². The fraction of sp³-hybridized carbons (Fsp3) is 0.375. The molecule has 4 nitrogen and oxygen atoms in total. The second-order valence-corrected chi connectivity index (χ2v) is 7.79. The molecular formula is C16H19BrClN3OS. The smallest absolute Gasteiger partial charge is 0.246 e. The topological polar surface area (TPSA) is 68.0 Å². The number of carbonyl (C=O) groups is 1. The van der Waals surface area contributed by atoms with E-state index in [2.05, 4.69) is 38.4 Å². The highest BCUT2D eigenvalue weighted by atomic mass is 79.9. The second kappa shape index (κ2) is 7.75. The van der Waals surface area contributed by atoms with E-state index in [9.17, 15) is 4.79 Å². The van der Waals surface area contributed by atoms with Crippen molar-refractivity contribution < 1.29 is 4.79 Å². The van der Waals surface area contributed by atoms with Gasteiger partial charge in [-0.25, -0.2) is 4.98 Å². The standard InChI is InChI=1S/C16H18BrN3OS.ClH/c17-12-5-3-4-11(8-12)9-13-10-19-15(22-13)20-14(21)16(18)6-1-2-7-16;/h3-5,8,10H,1-2,6-7,9,18H2,(H,19,20,21);1H. The van der Waals surface area contributed by atoms with Crippen molar-refractivity contribution in [1.82, 2.24) is 4.98 Å². The van der Waals surface area contributed by atoms with E-state index in [1.54, 1.807) is 0 Å². The van der Waals surface area contributed by atoms with Crippen molar-refractivity contribution in [1.29, 1.82) is 0 Å². The van der Waals surface area contributed by atoms with E-state index in [4.69, 9.17) is 5.73 Å². The van der Waals surface area contributed by atoms with Gasteiger partial charge in [0.2, 0.25) is 5.91 Å². The van der Waals surface area contributed by atoms with Crippen LogP contribution in [0.1, 0.15) is 36.1 Å². The third kappa shape index (κ3) is 4.53. The van der Waals surface area contributed by atoms with Gasteiger partial charge < -0.3 is 11.1 Å². The highest BCUT2D eigenvalue weighted by molar-refractivity contribution is 9.10. The fourth-order valence-corrected chi connectivity index (χ4v) is 4.04. The molecular weight excluding hydrogens is 398 g/mol. The Labute approximate surface area is 154 Å². The Bertz CT molecular complexity index is 685. The van der Waals surface area contributed by atoms with Gasteiger partial charge in [-0.2, -0.15) is 0 Å². The Morgan fingerprint density at radius 3 is 2.83 bits per heavy atom. The van der Waals surface area contributed by atoms with Crippen LogP contribution >= 0.6 is 39.7 Å². The Kier molecular flexibility index (Phi) is 6.19. The molecule has 2 aromatic rings. The zero-order valence-electron chi connectivity index (χ0n) is 12.5. The summed E-state index contributed by atoms with van der Waals surface area (Å²) in [5.74, 6) is -0.103. The summed E-state index contributed by atoms with van der Waals surface area (Å²) in [6, 6.07) is 8.19. The monoisotopic (exact) mass is 415 g/mol. The Hall–Kier alpha value is -0.950. The van der Waals surface area contributed by atoms with Crippen LogP contribution in [0.15, 0.2) is 34.9 Å². The maximum Gasteiger partial charge on any atom is 0.246 e. The first-order chi connectivity index (χ1) is 10.5. The summed E-state index contributed by atoms with van der Waals surface area (Å²) in [6.45, 7) is 0. The second-order valence-electron chi connectivity index (χ2n) is 5.76. The van der Waals surface area contributed by atoms with Crippen molar-refractivity contribution in [2.75, 3.05) is 5.32 Å². The predicted octanol–water partition coefficient (Wildman–Crippen LogP) is 4.13. The maximum absolute atomic E-state index is 12.3. The third-order valence-electron chi connectivity index (χ3n) is 3.99. The Morgan fingerprint density at radius 2 is 2.13 bits per heavy atom. The van der Waals surface area contributed by atoms with Gasteiger partial charge in [0.05, 0.1) is 5.54 Å². The first-order valence-corrected chi connectivity index (χ1v) is 8.96. The largest absolute Gasteiger partial charge is 0.317 e. The predicted molar refractivity (Wildman–Crippen MR) is 100 cm³/mol. The minimum Gasteiger partial charge on any atom is -0.317 e. The van der Waals surface area contributed by atoms with Gasteiger partial charge in [0.15, 0.2) is 5.13 Å². The van der Waals surface area contributed by atoms with E-state index in [-0.39, 0.29) is 18.3 Å². The molecule has 1 heterocycles. The zero-order valence-corrected chi connectivity index (χ0v) is 15.8. The summed E-state index contributed by atoms with van der Waals surface area (Å²) in [6.07, 6.45) is 6.19. The maximum atomic E-state index is 12.3. The van der Waals surface area contributed by atoms with Crippen LogP contribution in [-0.4, -0.2) is 16.4 Å². The van der Waals surface area contributed by atoms with E-state index in [1.165, 1.54) is 16.9 Å².